The fourth-order valence-electron chi connectivity index (χ4n) is 1.51. The SMILES string of the molecule is CSc1cccc(C(C)(C)C(N)C(=O)O)c1. The maximum atomic E-state index is 10.9. The summed E-state index contributed by atoms with van der Waals surface area (Å²) in [6.45, 7) is 3.70. The van der Waals surface area contributed by atoms with Gasteiger partial charge in [0.05, 0.1) is 0 Å². The Morgan fingerprint density at radius 3 is 2.62 bits per heavy atom. The van der Waals surface area contributed by atoms with Crippen LogP contribution in [-0.4, -0.2) is 23.4 Å². The molecular weight excluding hydrogens is 222 g/mol. The Labute approximate surface area is 100 Å². The molecule has 0 saturated carbocycles. The lowest BCUT2D eigenvalue weighted by atomic mass is 9.78. The lowest BCUT2D eigenvalue weighted by Gasteiger charge is -2.29. The average Bonchev–Trinajstić information content (AvgIpc) is 2.27. The van der Waals surface area contributed by atoms with E-state index in [1.54, 1.807) is 11.8 Å². The summed E-state index contributed by atoms with van der Waals surface area (Å²) in [6, 6.07) is 6.94. The molecule has 0 aliphatic heterocycles. The van der Waals surface area contributed by atoms with E-state index in [0.717, 1.165) is 10.5 Å². The van der Waals surface area contributed by atoms with Crippen LogP contribution in [0.4, 0.5) is 0 Å². The van der Waals surface area contributed by atoms with Crippen molar-refractivity contribution >= 4 is 17.7 Å². The monoisotopic (exact) mass is 239 g/mol. The minimum absolute atomic E-state index is 0.572. The molecule has 1 unspecified atom stereocenters. The minimum Gasteiger partial charge on any atom is -0.480 e. The Balaban J connectivity index is 3.10. The lowest BCUT2D eigenvalue weighted by Crippen LogP contribution is -2.46. The highest BCUT2D eigenvalue weighted by Gasteiger charge is 2.33. The fourth-order valence-corrected chi connectivity index (χ4v) is 1.97. The van der Waals surface area contributed by atoms with Gasteiger partial charge in [-0.25, -0.2) is 0 Å². The van der Waals surface area contributed by atoms with Crippen molar-refractivity contribution in [2.45, 2.75) is 30.2 Å². The predicted molar refractivity (Wildman–Crippen MR) is 66.9 cm³/mol. The van der Waals surface area contributed by atoms with Crippen molar-refractivity contribution in [1.29, 1.82) is 0 Å². The number of rotatable bonds is 4. The molecule has 1 rings (SSSR count). The summed E-state index contributed by atoms with van der Waals surface area (Å²) < 4.78 is 0. The number of aliphatic carboxylic acids is 1. The van der Waals surface area contributed by atoms with Gasteiger partial charge in [-0.15, -0.1) is 11.8 Å². The second-order valence-corrected chi connectivity index (χ2v) is 5.15. The number of carboxylic acid groups (broad SMARTS) is 1. The van der Waals surface area contributed by atoms with Crippen LogP contribution in [0.5, 0.6) is 0 Å². The molecule has 0 aromatic heterocycles. The van der Waals surface area contributed by atoms with E-state index in [2.05, 4.69) is 0 Å². The van der Waals surface area contributed by atoms with Crippen LogP contribution >= 0.6 is 11.8 Å². The molecule has 88 valence electrons. The van der Waals surface area contributed by atoms with Gasteiger partial charge in [0, 0.05) is 10.3 Å². The predicted octanol–water partition coefficient (Wildman–Crippen LogP) is 2.10. The Bertz CT molecular complexity index is 390. The zero-order valence-electron chi connectivity index (χ0n) is 9.73. The van der Waals surface area contributed by atoms with E-state index in [-0.39, 0.29) is 0 Å². The molecule has 0 saturated heterocycles. The normalized spacial score (nSPS) is 13.5. The average molecular weight is 239 g/mol. The van der Waals surface area contributed by atoms with Crippen molar-refractivity contribution in [3.63, 3.8) is 0 Å². The standard InChI is InChI=1S/C12H17NO2S/c1-12(2,10(13)11(14)15)8-5-4-6-9(7-8)16-3/h4-7,10H,13H2,1-3H3,(H,14,15). The summed E-state index contributed by atoms with van der Waals surface area (Å²) in [6.07, 6.45) is 1.99. The summed E-state index contributed by atoms with van der Waals surface area (Å²) in [4.78, 5) is 12.1. The second kappa shape index (κ2) is 4.89. The highest BCUT2D eigenvalue weighted by atomic mass is 32.2. The molecule has 0 aliphatic carbocycles. The van der Waals surface area contributed by atoms with Crippen LogP contribution < -0.4 is 5.73 Å². The van der Waals surface area contributed by atoms with E-state index in [9.17, 15) is 4.79 Å². The zero-order valence-corrected chi connectivity index (χ0v) is 10.5. The maximum absolute atomic E-state index is 10.9. The number of nitrogens with two attached hydrogens (primary N) is 1. The number of hydrogen-bond donors (Lipinski definition) is 2. The number of thioether (sulfide) groups is 1. The molecule has 0 heterocycles. The number of carbonyl (C=O) groups is 1. The molecule has 1 aromatic rings. The number of hydrogen-bond acceptors (Lipinski definition) is 3. The highest BCUT2D eigenvalue weighted by molar-refractivity contribution is 7.98. The molecule has 0 aliphatic rings. The molecule has 0 bridgehead atoms. The number of benzene rings is 1. The van der Waals surface area contributed by atoms with Gasteiger partial charge in [0.2, 0.25) is 0 Å². The topological polar surface area (TPSA) is 63.3 Å². The summed E-state index contributed by atoms with van der Waals surface area (Å²) in [5, 5.41) is 8.98. The van der Waals surface area contributed by atoms with Crippen molar-refractivity contribution in [3.8, 4) is 0 Å². The third-order valence-electron chi connectivity index (χ3n) is 2.86. The van der Waals surface area contributed by atoms with Crippen LogP contribution in [-0.2, 0) is 10.2 Å². The molecular formula is C12H17NO2S. The van der Waals surface area contributed by atoms with Gasteiger partial charge >= 0.3 is 5.97 Å². The third-order valence-corrected chi connectivity index (χ3v) is 3.58. The van der Waals surface area contributed by atoms with Gasteiger partial charge in [0.25, 0.3) is 0 Å². The lowest BCUT2D eigenvalue weighted by molar-refractivity contribution is -0.140. The van der Waals surface area contributed by atoms with E-state index in [1.165, 1.54) is 0 Å². The van der Waals surface area contributed by atoms with Gasteiger partial charge in [0.1, 0.15) is 6.04 Å². The van der Waals surface area contributed by atoms with Gasteiger partial charge in [0.15, 0.2) is 0 Å². The molecule has 3 N–H and O–H groups in total. The molecule has 3 nitrogen and oxygen atoms in total. The van der Waals surface area contributed by atoms with E-state index in [1.807, 2.05) is 44.4 Å². The number of carboxylic acids is 1. The first kappa shape index (κ1) is 13.1. The fraction of sp³-hybridized carbons (Fsp3) is 0.417. The molecule has 4 heteroatoms. The zero-order chi connectivity index (χ0) is 12.3. The first-order valence-electron chi connectivity index (χ1n) is 5.02. The maximum Gasteiger partial charge on any atom is 0.321 e. The quantitative estimate of drug-likeness (QED) is 0.790. The van der Waals surface area contributed by atoms with Gasteiger partial charge in [-0.05, 0) is 24.0 Å². The van der Waals surface area contributed by atoms with Gasteiger partial charge < -0.3 is 10.8 Å². The summed E-state index contributed by atoms with van der Waals surface area (Å²) >= 11 is 1.63. The molecule has 1 aromatic carbocycles. The Morgan fingerprint density at radius 2 is 2.12 bits per heavy atom. The summed E-state index contributed by atoms with van der Waals surface area (Å²) in [7, 11) is 0. The van der Waals surface area contributed by atoms with Crippen LogP contribution in [0, 0.1) is 0 Å². The smallest absolute Gasteiger partial charge is 0.321 e. The summed E-state index contributed by atoms with van der Waals surface area (Å²) in [5.41, 5.74) is 6.09. The van der Waals surface area contributed by atoms with Crippen LogP contribution in [0.1, 0.15) is 19.4 Å². The van der Waals surface area contributed by atoms with Crippen molar-refractivity contribution in [2.24, 2.45) is 5.73 Å². The van der Waals surface area contributed by atoms with E-state index in [4.69, 9.17) is 10.8 Å². The van der Waals surface area contributed by atoms with Crippen molar-refractivity contribution in [2.75, 3.05) is 6.26 Å². The van der Waals surface area contributed by atoms with Gasteiger partial charge in [-0.3, -0.25) is 4.79 Å². The Kier molecular flexibility index (Phi) is 3.99. The molecule has 16 heavy (non-hydrogen) atoms. The molecule has 0 fully saturated rings. The minimum atomic E-state index is -0.973. The first-order chi connectivity index (χ1) is 7.39. The second-order valence-electron chi connectivity index (χ2n) is 4.27. The van der Waals surface area contributed by atoms with Crippen LogP contribution in [0.25, 0.3) is 0 Å². The molecule has 1 atom stereocenters. The molecule has 0 spiro atoms. The van der Waals surface area contributed by atoms with Crippen molar-refractivity contribution < 1.29 is 9.90 Å². The Hall–Kier alpha value is -1.00. The van der Waals surface area contributed by atoms with Crippen LogP contribution in [0.15, 0.2) is 29.2 Å². The van der Waals surface area contributed by atoms with Gasteiger partial charge in [-0.1, -0.05) is 26.0 Å². The van der Waals surface area contributed by atoms with E-state index < -0.39 is 17.4 Å². The van der Waals surface area contributed by atoms with Crippen LogP contribution in [0.3, 0.4) is 0 Å². The van der Waals surface area contributed by atoms with Gasteiger partial charge in [-0.2, -0.15) is 0 Å². The molecule has 0 amide bonds. The van der Waals surface area contributed by atoms with E-state index >= 15 is 0 Å². The third kappa shape index (κ3) is 2.57. The van der Waals surface area contributed by atoms with Crippen molar-refractivity contribution in [1.82, 2.24) is 0 Å². The summed E-state index contributed by atoms with van der Waals surface area (Å²) in [5.74, 6) is -0.973. The van der Waals surface area contributed by atoms with E-state index in [0.29, 0.717) is 0 Å². The molecule has 0 radical (unpaired) electrons. The first-order valence-corrected chi connectivity index (χ1v) is 6.25. The highest BCUT2D eigenvalue weighted by Crippen LogP contribution is 2.29. The van der Waals surface area contributed by atoms with Crippen molar-refractivity contribution in [3.05, 3.63) is 29.8 Å². The van der Waals surface area contributed by atoms with Crippen LogP contribution in [0.2, 0.25) is 0 Å². The largest absolute Gasteiger partial charge is 0.480 e. The Morgan fingerprint density at radius 1 is 1.50 bits per heavy atom.